The third kappa shape index (κ3) is 4.61. The number of nitro groups is 2. The molecular formula is C25H25N3O6. The Morgan fingerprint density at radius 3 is 2.41 bits per heavy atom. The van der Waals surface area contributed by atoms with Gasteiger partial charge in [0.1, 0.15) is 17.5 Å². The van der Waals surface area contributed by atoms with E-state index in [4.69, 9.17) is 4.74 Å². The van der Waals surface area contributed by atoms with Crippen LogP contribution >= 0.6 is 0 Å². The van der Waals surface area contributed by atoms with E-state index in [0.717, 1.165) is 12.0 Å². The van der Waals surface area contributed by atoms with Crippen molar-refractivity contribution in [2.45, 2.75) is 38.0 Å². The van der Waals surface area contributed by atoms with Gasteiger partial charge in [0, 0.05) is 17.7 Å². The number of rotatable bonds is 7. The van der Waals surface area contributed by atoms with Gasteiger partial charge in [-0.25, -0.2) is 0 Å². The minimum Gasteiger partial charge on any atom is -0.484 e. The van der Waals surface area contributed by atoms with E-state index in [1.54, 1.807) is 26.0 Å². The summed E-state index contributed by atoms with van der Waals surface area (Å²) in [4.78, 5) is 22.1. The molecule has 3 aromatic carbocycles. The summed E-state index contributed by atoms with van der Waals surface area (Å²) >= 11 is 0. The molecule has 4 rings (SSSR count). The zero-order valence-corrected chi connectivity index (χ0v) is 18.8. The normalized spacial score (nSPS) is 18.6. The lowest BCUT2D eigenvalue weighted by Gasteiger charge is -2.42. The van der Waals surface area contributed by atoms with Crippen LogP contribution in [0, 0.1) is 20.2 Å². The summed E-state index contributed by atoms with van der Waals surface area (Å²) in [6.45, 7) is 4.02. The number of fused-ring (bicyclic) bond motifs is 1. The number of nitrogens with zero attached hydrogens (tertiary/aromatic N) is 2. The van der Waals surface area contributed by atoms with Gasteiger partial charge >= 0.3 is 0 Å². The second-order valence-electron chi connectivity index (χ2n) is 8.79. The van der Waals surface area contributed by atoms with Crippen LogP contribution in [0.15, 0.2) is 66.7 Å². The van der Waals surface area contributed by atoms with E-state index in [1.165, 1.54) is 24.3 Å². The molecule has 2 unspecified atom stereocenters. The predicted octanol–water partition coefficient (Wildman–Crippen LogP) is 4.58. The molecule has 1 aliphatic heterocycles. The Hall–Kier alpha value is -3.82. The Morgan fingerprint density at radius 1 is 1.00 bits per heavy atom. The first-order valence-electron chi connectivity index (χ1n) is 10.9. The summed E-state index contributed by atoms with van der Waals surface area (Å²) in [5.41, 5.74) is 0.875. The number of benzene rings is 3. The van der Waals surface area contributed by atoms with Gasteiger partial charge < -0.3 is 15.2 Å². The van der Waals surface area contributed by atoms with Crippen LogP contribution in [0.2, 0.25) is 0 Å². The lowest BCUT2D eigenvalue weighted by molar-refractivity contribution is -0.385. The topological polar surface area (TPSA) is 128 Å². The second kappa shape index (κ2) is 9.20. The molecule has 0 saturated heterocycles. The second-order valence-corrected chi connectivity index (χ2v) is 8.79. The standard InChI is InChI=1S/C25H25N3O6/c1-25(2)24(29)23(26-12-11-16-7-4-3-5-8-16)20-14-19(21(28(32)33)15-22(20)34-25)17-9-6-10-18(13-17)27(30)31/h3-10,13-15,23-24,26,29H,11-12H2,1-2H3. The van der Waals surface area contributed by atoms with Crippen LogP contribution in [-0.4, -0.2) is 33.2 Å². The van der Waals surface area contributed by atoms with E-state index in [9.17, 15) is 25.3 Å². The molecule has 0 fully saturated rings. The van der Waals surface area contributed by atoms with Crippen molar-refractivity contribution in [3.63, 3.8) is 0 Å². The van der Waals surface area contributed by atoms with Crippen LogP contribution in [0.3, 0.4) is 0 Å². The Kier molecular flexibility index (Phi) is 6.32. The highest BCUT2D eigenvalue weighted by atomic mass is 16.6. The highest BCUT2D eigenvalue weighted by Gasteiger charge is 2.44. The zero-order chi connectivity index (χ0) is 24.5. The minimum absolute atomic E-state index is 0.167. The average molecular weight is 463 g/mol. The molecule has 0 saturated carbocycles. The maximum absolute atomic E-state index is 11.9. The molecule has 34 heavy (non-hydrogen) atoms. The molecule has 1 aliphatic rings. The van der Waals surface area contributed by atoms with E-state index in [-0.39, 0.29) is 16.9 Å². The van der Waals surface area contributed by atoms with Crippen LogP contribution < -0.4 is 10.1 Å². The van der Waals surface area contributed by atoms with Crippen LogP contribution in [0.4, 0.5) is 11.4 Å². The fraction of sp³-hybridized carbons (Fsp3) is 0.280. The largest absolute Gasteiger partial charge is 0.484 e. The molecule has 0 spiro atoms. The van der Waals surface area contributed by atoms with Gasteiger partial charge in [-0.3, -0.25) is 20.2 Å². The van der Waals surface area contributed by atoms with Crippen LogP contribution in [-0.2, 0) is 6.42 Å². The number of aliphatic hydroxyl groups excluding tert-OH is 1. The van der Waals surface area contributed by atoms with Crippen molar-refractivity contribution in [3.8, 4) is 16.9 Å². The molecule has 3 aromatic rings. The SMILES string of the molecule is CC1(C)Oc2cc([N+](=O)[O-])c(-c3cccc([N+](=O)[O-])c3)cc2C(NCCc2ccccc2)C1O. The van der Waals surface area contributed by atoms with E-state index >= 15 is 0 Å². The maximum Gasteiger partial charge on any atom is 0.280 e. The number of nitrogens with one attached hydrogen (secondary N) is 1. The van der Waals surface area contributed by atoms with Crippen LogP contribution in [0.1, 0.15) is 31.0 Å². The first kappa shape index (κ1) is 23.3. The number of aliphatic hydroxyl groups is 1. The van der Waals surface area contributed by atoms with Gasteiger partial charge in [0.15, 0.2) is 0 Å². The van der Waals surface area contributed by atoms with Crippen molar-refractivity contribution in [3.05, 3.63) is 98.1 Å². The first-order valence-corrected chi connectivity index (χ1v) is 10.9. The molecule has 0 bridgehead atoms. The van der Waals surface area contributed by atoms with Crippen molar-refractivity contribution in [2.24, 2.45) is 0 Å². The Morgan fingerprint density at radius 2 is 1.74 bits per heavy atom. The van der Waals surface area contributed by atoms with Crippen LogP contribution in [0.5, 0.6) is 5.75 Å². The summed E-state index contributed by atoms with van der Waals surface area (Å²) in [5, 5.41) is 37.6. The molecule has 2 N–H and O–H groups in total. The summed E-state index contributed by atoms with van der Waals surface area (Å²) in [6.07, 6.45) is -0.207. The Balaban J connectivity index is 1.76. The molecule has 0 aliphatic carbocycles. The molecular weight excluding hydrogens is 438 g/mol. The number of hydrogen-bond donors (Lipinski definition) is 2. The van der Waals surface area contributed by atoms with Gasteiger partial charge in [0.25, 0.3) is 11.4 Å². The highest BCUT2D eigenvalue weighted by Crippen LogP contribution is 2.45. The van der Waals surface area contributed by atoms with Crippen molar-refractivity contribution >= 4 is 11.4 Å². The molecule has 0 radical (unpaired) electrons. The Bertz CT molecular complexity index is 1230. The number of non-ortho nitro benzene ring substituents is 1. The smallest absolute Gasteiger partial charge is 0.280 e. The molecule has 1 heterocycles. The molecule has 0 amide bonds. The van der Waals surface area contributed by atoms with Gasteiger partial charge in [0.05, 0.1) is 27.5 Å². The predicted molar refractivity (Wildman–Crippen MR) is 127 cm³/mol. The van der Waals surface area contributed by atoms with E-state index in [1.807, 2.05) is 30.3 Å². The van der Waals surface area contributed by atoms with Gasteiger partial charge in [-0.15, -0.1) is 0 Å². The zero-order valence-electron chi connectivity index (χ0n) is 18.8. The Labute approximate surface area is 196 Å². The molecule has 9 heteroatoms. The van der Waals surface area contributed by atoms with Gasteiger partial charge in [0.2, 0.25) is 0 Å². The molecule has 9 nitrogen and oxygen atoms in total. The van der Waals surface area contributed by atoms with Crippen molar-refractivity contribution < 1.29 is 19.7 Å². The van der Waals surface area contributed by atoms with Crippen molar-refractivity contribution in [1.29, 1.82) is 0 Å². The summed E-state index contributed by atoms with van der Waals surface area (Å²) < 4.78 is 5.97. The summed E-state index contributed by atoms with van der Waals surface area (Å²) in [5.74, 6) is 0.299. The lowest BCUT2D eigenvalue weighted by atomic mass is 9.84. The van der Waals surface area contributed by atoms with Crippen molar-refractivity contribution in [2.75, 3.05) is 6.54 Å². The highest BCUT2D eigenvalue weighted by molar-refractivity contribution is 5.77. The van der Waals surface area contributed by atoms with Gasteiger partial charge in [-0.05, 0) is 44.0 Å². The number of ether oxygens (including phenoxy) is 1. The van der Waals surface area contributed by atoms with Crippen molar-refractivity contribution in [1.82, 2.24) is 5.32 Å². The monoisotopic (exact) mass is 463 g/mol. The lowest BCUT2D eigenvalue weighted by Crippen LogP contribution is -2.52. The average Bonchev–Trinajstić information content (AvgIpc) is 2.81. The maximum atomic E-state index is 11.9. The molecule has 0 aromatic heterocycles. The minimum atomic E-state index is -0.988. The van der Waals surface area contributed by atoms with Gasteiger partial charge in [-0.1, -0.05) is 42.5 Å². The number of hydrogen-bond acceptors (Lipinski definition) is 7. The summed E-state index contributed by atoms with van der Waals surface area (Å²) in [7, 11) is 0. The van der Waals surface area contributed by atoms with Gasteiger partial charge in [-0.2, -0.15) is 0 Å². The third-order valence-electron chi connectivity index (χ3n) is 6.05. The summed E-state index contributed by atoms with van der Waals surface area (Å²) in [6, 6.07) is 18.0. The van der Waals surface area contributed by atoms with Crippen LogP contribution in [0.25, 0.3) is 11.1 Å². The molecule has 176 valence electrons. The number of nitro benzene ring substituents is 2. The van der Waals surface area contributed by atoms with E-state index < -0.39 is 27.6 Å². The third-order valence-corrected chi connectivity index (χ3v) is 6.05. The quantitative estimate of drug-likeness (QED) is 0.388. The fourth-order valence-corrected chi connectivity index (χ4v) is 4.24. The van der Waals surface area contributed by atoms with E-state index in [2.05, 4.69) is 5.32 Å². The van der Waals surface area contributed by atoms with E-state index in [0.29, 0.717) is 23.4 Å². The molecule has 2 atom stereocenters. The fourth-order valence-electron chi connectivity index (χ4n) is 4.24. The first-order chi connectivity index (χ1) is 16.2.